The van der Waals surface area contributed by atoms with Gasteiger partial charge in [-0.3, -0.25) is 4.68 Å². The van der Waals surface area contributed by atoms with Crippen LogP contribution in [0.1, 0.15) is 0 Å². The fourth-order valence-corrected chi connectivity index (χ4v) is 1.75. The van der Waals surface area contributed by atoms with Gasteiger partial charge >= 0.3 is 0 Å². The molecule has 1 heterocycles. The van der Waals surface area contributed by atoms with E-state index in [1.54, 1.807) is 10.9 Å². The van der Waals surface area contributed by atoms with E-state index in [1.807, 2.05) is 0 Å². The maximum Gasteiger partial charge on any atom is 0.212 e. The molecule has 80 valence electrons. The van der Waals surface area contributed by atoms with Gasteiger partial charge in [-0.1, -0.05) is 5.21 Å². The van der Waals surface area contributed by atoms with Crippen molar-refractivity contribution in [2.45, 2.75) is 6.54 Å². The topological polar surface area (TPSA) is 103 Å². The van der Waals surface area contributed by atoms with Gasteiger partial charge in [0.1, 0.15) is 0 Å². The molecule has 0 unspecified atom stereocenters. The zero-order valence-electron chi connectivity index (χ0n) is 7.63. The molecular formula is C6H13N5O2S. The molecular weight excluding hydrogens is 206 g/mol. The molecule has 0 amide bonds. The van der Waals surface area contributed by atoms with Gasteiger partial charge in [0.25, 0.3) is 0 Å². The highest BCUT2D eigenvalue weighted by molar-refractivity contribution is 7.89. The Hall–Kier alpha value is -0.990. The van der Waals surface area contributed by atoms with E-state index in [-0.39, 0.29) is 12.3 Å². The van der Waals surface area contributed by atoms with Crippen molar-refractivity contribution >= 4 is 10.0 Å². The third-order valence-electron chi connectivity index (χ3n) is 1.52. The molecule has 0 aliphatic heterocycles. The Morgan fingerprint density at radius 3 is 2.86 bits per heavy atom. The molecule has 1 rings (SSSR count). The van der Waals surface area contributed by atoms with E-state index < -0.39 is 10.0 Å². The summed E-state index contributed by atoms with van der Waals surface area (Å²) in [7, 11) is -3.22. The van der Waals surface area contributed by atoms with Crippen molar-refractivity contribution < 1.29 is 8.42 Å². The van der Waals surface area contributed by atoms with E-state index in [0.717, 1.165) is 0 Å². The standard InChI is InChI=1S/C6H13N5O2S/c7-1-6-14(12,13)9-3-5-11-4-2-8-10-11/h2,4,9H,1,3,5-7H2. The lowest BCUT2D eigenvalue weighted by molar-refractivity contribution is 0.553. The Kier molecular flexibility index (Phi) is 3.98. The first kappa shape index (κ1) is 11.1. The highest BCUT2D eigenvalue weighted by atomic mass is 32.2. The van der Waals surface area contributed by atoms with Gasteiger partial charge in [-0.15, -0.1) is 5.10 Å². The molecule has 0 aliphatic rings. The second-order valence-corrected chi connectivity index (χ2v) is 4.59. The van der Waals surface area contributed by atoms with Crippen LogP contribution in [0.5, 0.6) is 0 Å². The van der Waals surface area contributed by atoms with Crippen molar-refractivity contribution in [3.05, 3.63) is 12.4 Å². The predicted molar refractivity (Wildman–Crippen MR) is 50.9 cm³/mol. The molecule has 3 N–H and O–H groups in total. The zero-order chi connectivity index (χ0) is 10.4. The quantitative estimate of drug-likeness (QED) is 0.585. The molecule has 0 aliphatic carbocycles. The van der Waals surface area contributed by atoms with Gasteiger partial charge in [-0.05, 0) is 0 Å². The average Bonchev–Trinajstić information content (AvgIpc) is 2.56. The summed E-state index contributed by atoms with van der Waals surface area (Å²) in [5.74, 6) is -0.0512. The zero-order valence-corrected chi connectivity index (χ0v) is 8.44. The Labute approximate surface area is 82.3 Å². The van der Waals surface area contributed by atoms with E-state index in [9.17, 15) is 8.42 Å². The lowest BCUT2D eigenvalue weighted by atomic mass is 10.6. The van der Waals surface area contributed by atoms with Crippen LogP contribution in [-0.2, 0) is 16.6 Å². The normalized spacial score (nSPS) is 11.8. The van der Waals surface area contributed by atoms with E-state index in [2.05, 4.69) is 15.0 Å². The van der Waals surface area contributed by atoms with Crippen LogP contribution in [0.25, 0.3) is 0 Å². The van der Waals surface area contributed by atoms with Gasteiger partial charge in [-0.25, -0.2) is 13.1 Å². The number of rotatable bonds is 6. The van der Waals surface area contributed by atoms with Crippen molar-refractivity contribution in [3.63, 3.8) is 0 Å². The summed E-state index contributed by atoms with van der Waals surface area (Å²) in [5.41, 5.74) is 5.13. The Morgan fingerprint density at radius 1 is 1.50 bits per heavy atom. The van der Waals surface area contributed by atoms with Crippen LogP contribution in [0.4, 0.5) is 0 Å². The van der Waals surface area contributed by atoms with Crippen LogP contribution in [0, 0.1) is 0 Å². The van der Waals surface area contributed by atoms with Gasteiger partial charge < -0.3 is 5.73 Å². The molecule has 14 heavy (non-hydrogen) atoms. The molecule has 0 saturated carbocycles. The van der Waals surface area contributed by atoms with Gasteiger partial charge in [0.05, 0.1) is 18.5 Å². The smallest absolute Gasteiger partial charge is 0.212 e. The molecule has 0 aromatic carbocycles. The van der Waals surface area contributed by atoms with Crippen LogP contribution in [0.3, 0.4) is 0 Å². The minimum atomic E-state index is -3.22. The van der Waals surface area contributed by atoms with Gasteiger partial charge in [0.2, 0.25) is 10.0 Å². The van der Waals surface area contributed by atoms with E-state index in [1.165, 1.54) is 6.20 Å². The fourth-order valence-electron chi connectivity index (χ4n) is 0.895. The summed E-state index contributed by atoms with van der Waals surface area (Å²) in [6.45, 7) is 0.883. The van der Waals surface area contributed by atoms with E-state index in [0.29, 0.717) is 13.1 Å². The number of hydrogen-bond donors (Lipinski definition) is 2. The van der Waals surface area contributed by atoms with Gasteiger partial charge in [0.15, 0.2) is 0 Å². The molecule has 7 nitrogen and oxygen atoms in total. The molecule has 0 fully saturated rings. The molecule has 0 radical (unpaired) electrons. The van der Waals surface area contributed by atoms with Crippen LogP contribution >= 0.6 is 0 Å². The van der Waals surface area contributed by atoms with Crippen LogP contribution in [0.15, 0.2) is 12.4 Å². The third-order valence-corrected chi connectivity index (χ3v) is 2.94. The SMILES string of the molecule is NCCS(=O)(=O)NCCn1ccnn1. The largest absolute Gasteiger partial charge is 0.329 e. The summed E-state index contributed by atoms with van der Waals surface area (Å²) in [6.07, 6.45) is 3.20. The van der Waals surface area contributed by atoms with Crippen molar-refractivity contribution in [2.75, 3.05) is 18.8 Å². The van der Waals surface area contributed by atoms with Gasteiger partial charge in [0, 0.05) is 19.3 Å². The third kappa shape index (κ3) is 3.81. The summed E-state index contributed by atoms with van der Waals surface area (Å²) < 4.78 is 26.2. The molecule has 0 saturated heterocycles. The number of nitrogens with two attached hydrogens (primary N) is 1. The predicted octanol–water partition coefficient (Wildman–Crippen LogP) is -1.84. The first-order valence-corrected chi connectivity index (χ1v) is 5.81. The maximum absolute atomic E-state index is 11.1. The maximum atomic E-state index is 11.1. The van der Waals surface area contributed by atoms with Crippen molar-refractivity contribution in [3.8, 4) is 0 Å². The summed E-state index contributed by atoms with van der Waals surface area (Å²) in [4.78, 5) is 0. The summed E-state index contributed by atoms with van der Waals surface area (Å²) in [5, 5.41) is 7.28. The van der Waals surface area contributed by atoms with Crippen LogP contribution in [0.2, 0.25) is 0 Å². The summed E-state index contributed by atoms with van der Waals surface area (Å²) in [6, 6.07) is 0. The minimum Gasteiger partial charge on any atom is -0.329 e. The lowest BCUT2D eigenvalue weighted by Crippen LogP contribution is -2.32. The van der Waals surface area contributed by atoms with Crippen LogP contribution < -0.4 is 10.5 Å². The number of aromatic nitrogens is 3. The molecule has 0 spiro atoms. The van der Waals surface area contributed by atoms with Crippen molar-refractivity contribution in [1.82, 2.24) is 19.7 Å². The Morgan fingerprint density at radius 2 is 2.29 bits per heavy atom. The highest BCUT2D eigenvalue weighted by Gasteiger charge is 2.06. The number of hydrogen-bond acceptors (Lipinski definition) is 5. The lowest BCUT2D eigenvalue weighted by Gasteiger charge is -2.04. The average molecular weight is 219 g/mol. The number of nitrogens with one attached hydrogen (secondary N) is 1. The first-order valence-electron chi connectivity index (χ1n) is 4.15. The van der Waals surface area contributed by atoms with E-state index in [4.69, 9.17) is 5.73 Å². The molecule has 1 aromatic rings. The number of sulfonamides is 1. The Balaban J connectivity index is 2.28. The van der Waals surface area contributed by atoms with E-state index >= 15 is 0 Å². The second-order valence-electron chi connectivity index (χ2n) is 2.67. The molecule has 0 bridgehead atoms. The fraction of sp³-hybridized carbons (Fsp3) is 0.667. The van der Waals surface area contributed by atoms with Crippen LogP contribution in [-0.4, -0.2) is 42.3 Å². The van der Waals surface area contributed by atoms with Crippen molar-refractivity contribution in [2.24, 2.45) is 5.73 Å². The molecule has 1 aromatic heterocycles. The monoisotopic (exact) mass is 219 g/mol. The molecule has 0 atom stereocenters. The van der Waals surface area contributed by atoms with Gasteiger partial charge in [-0.2, -0.15) is 0 Å². The first-order chi connectivity index (χ1) is 6.64. The minimum absolute atomic E-state index is 0.0512. The van der Waals surface area contributed by atoms with Crippen molar-refractivity contribution in [1.29, 1.82) is 0 Å². The highest BCUT2D eigenvalue weighted by Crippen LogP contribution is 1.83. The molecule has 8 heteroatoms. The second kappa shape index (κ2) is 5.03. The Bertz CT molecular complexity index is 346. The summed E-state index contributed by atoms with van der Waals surface area (Å²) >= 11 is 0. The number of nitrogens with zero attached hydrogens (tertiary/aromatic N) is 3.